The molecule has 0 spiro atoms. The number of fused-ring (bicyclic) bond motifs is 10. The summed E-state index contributed by atoms with van der Waals surface area (Å²) in [4.78, 5) is 10.2. The normalized spacial score (nSPS) is 13.3. The summed E-state index contributed by atoms with van der Waals surface area (Å²) in [6.07, 6.45) is 0. The van der Waals surface area contributed by atoms with Gasteiger partial charge in [0.25, 0.3) is 0 Å². The summed E-state index contributed by atoms with van der Waals surface area (Å²) in [5, 5.41) is 3.52. The molecule has 0 aliphatic heterocycles. The average molecular weight is 735 g/mol. The minimum absolute atomic E-state index is 0.0547. The maximum absolute atomic E-state index is 9.57. The van der Waals surface area contributed by atoms with E-state index in [1.807, 2.05) is 143 Å². The highest BCUT2D eigenvalue weighted by molar-refractivity contribution is 6.24. The molecule has 266 valence electrons. The van der Waals surface area contributed by atoms with Gasteiger partial charge in [-0.25, -0.2) is 9.97 Å². The largest absolute Gasteiger partial charge is 0.455 e. The molecule has 0 aliphatic rings. The van der Waals surface area contributed by atoms with Crippen LogP contribution in [0.25, 0.3) is 111 Å². The Labute approximate surface area is 335 Å². The summed E-state index contributed by atoms with van der Waals surface area (Å²) in [5.74, 6) is 0.516. The molecule has 5 nitrogen and oxygen atoms in total. The number of aromatic nitrogens is 4. The minimum atomic E-state index is -0.0626. The molecule has 0 saturated heterocycles. The van der Waals surface area contributed by atoms with E-state index in [-0.39, 0.29) is 36.3 Å². The van der Waals surface area contributed by atoms with Gasteiger partial charge < -0.3 is 13.6 Å². The van der Waals surface area contributed by atoms with Crippen molar-refractivity contribution in [2.24, 2.45) is 0 Å². The van der Waals surface area contributed by atoms with E-state index in [4.69, 9.17) is 18.5 Å². The number of para-hydroxylation sites is 4. The maximum Gasteiger partial charge on any atom is 0.164 e. The van der Waals surface area contributed by atoms with Gasteiger partial charge in [-0.1, -0.05) is 139 Å². The molecule has 0 aliphatic carbocycles. The summed E-state index contributed by atoms with van der Waals surface area (Å²) >= 11 is 0. The van der Waals surface area contributed by atoms with Crippen LogP contribution in [0.5, 0.6) is 0 Å². The molecule has 8 aromatic carbocycles. The topological polar surface area (TPSA) is 48.8 Å². The third-order valence-corrected chi connectivity index (χ3v) is 10.9. The SMILES string of the molecule is [2H]c1cc([2H])c2c(c1)c1c([2H])c([2H])c3c4cc([2H])cc([2H])c4n(-c4ccc5oc6c(-c7nc(-c8ccccc8)cc(-c8ccccc8)n7)cccc6c5c4)c3c1n2-c1ccccc1. The van der Waals surface area contributed by atoms with Crippen molar-refractivity contribution in [2.45, 2.75) is 0 Å². The van der Waals surface area contributed by atoms with E-state index in [0.717, 1.165) is 44.5 Å². The molecule has 4 aromatic heterocycles. The monoisotopic (exact) mass is 734 g/mol. The van der Waals surface area contributed by atoms with E-state index in [1.165, 1.54) is 12.1 Å². The molecule has 0 saturated carbocycles. The molecule has 0 unspecified atom stereocenters. The molecule has 5 heteroatoms. The smallest absolute Gasteiger partial charge is 0.164 e. The van der Waals surface area contributed by atoms with Crippen LogP contribution in [0.4, 0.5) is 0 Å². The fraction of sp³-hybridized carbons (Fsp3) is 0. The van der Waals surface area contributed by atoms with E-state index in [1.54, 1.807) is 12.1 Å². The number of hydrogen-bond donors (Lipinski definition) is 0. The molecule has 4 heterocycles. The van der Waals surface area contributed by atoms with Gasteiger partial charge in [0.2, 0.25) is 0 Å². The summed E-state index contributed by atoms with van der Waals surface area (Å²) in [6, 6.07) is 50.1. The Bertz CT molecular complexity index is 3800. The molecule has 0 atom stereocenters. The third kappa shape index (κ3) is 4.82. The summed E-state index contributed by atoms with van der Waals surface area (Å²) in [7, 11) is 0. The quantitative estimate of drug-likeness (QED) is 0.177. The summed E-state index contributed by atoms with van der Waals surface area (Å²) in [6.45, 7) is 0. The van der Waals surface area contributed by atoms with Crippen molar-refractivity contribution in [3.63, 3.8) is 0 Å². The van der Waals surface area contributed by atoms with Crippen molar-refractivity contribution in [2.75, 3.05) is 0 Å². The lowest BCUT2D eigenvalue weighted by atomic mass is 10.1. The first kappa shape index (κ1) is 26.1. The number of rotatable bonds is 5. The van der Waals surface area contributed by atoms with Crippen molar-refractivity contribution in [3.8, 4) is 45.3 Å². The Morgan fingerprint density at radius 2 is 1.02 bits per heavy atom. The minimum Gasteiger partial charge on any atom is -0.455 e. The Morgan fingerprint density at radius 3 is 1.63 bits per heavy atom. The molecule has 57 heavy (non-hydrogen) atoms. The van der Waals surface area contributed by atoms with Gasteiger partial charge in [0, 0.05) is 54.8 Å². The second kappa shape index (κ2) is 12.4. The molecule has 0 N–H and O–H groups in total. The predicted octanol–water partition coefficient (Wildman–Crippen LogP) is 13.6. The van der Waals surface area contributed by atoms with Crippen molar-refractivity contribution in [1.29, 1.82) is 0 Å². The Hall–Kier alpha value is -7.76. The van der Waals surface area contributed by atoms with Crippen LogP contribution in [-0.2, 0) is 0 Å². The molecule has 0 fully saturated rings. The zero-order chi connectivity index (χ0) is 42.7. The fourth-order valence-electron chi connectivity index (χ4n) is 8.32. The highest BCUT2D eigenvalue weighted by Crippen LogP contribution is 2.43. The van der Waals surface area contributed by atoms with E-state index in [2.05, 4.69) is 0 Å². The van der Waals surface area contributed by atoms with Crippen LogP contribution >= 0.6 is 0 Å². The van der Waals surface area contributed by atoms with E-state index >= 15 is 0 Å². The van der Waals surface area contributed by atoms with Gasteiger partial charge in [-0.2, -0.15) is 0 Å². The van der Waals surface area contributed by atoms with Crippen molar-refractivity contribution < 1.29 is 12.6 Å². The van der Waals surface area contributed by atoms with E-state index in [0.29, 0.717) is 66.3 Å². The van der Waals surface area contributed by atoms with Crippen LogP contribution in [0, 0.1) is 0 Å². The highest BCUT2D eigenvalue weighted by Gasteiger charge is 2.22. The Balaban J connectivity index is 1.17. The molecular formula is C52H32N4O. The van der Waals surface area contributed by atoms with E-state index in [9.17, 15) is 4.11 Å². The van der Waals surface area contributed by atoms with Crippen LogP contribution < -0.4 is 0 Å². The summed E-state index contributed by atoms with van der Waals surface area (Å²) < 4.78 is 65.5. The molecule has 0 amide bonds. The first-order chi connectivity index (χ1) is 30.7. The predicted molar refractivity (Wildman–Crippen MR) is 234 cm³/mol. The fourth-order valence-corrected chi connectivity index (χ4v) is 8.32. The zero-order valence-electron chi connectivity index (χ0n) is 36.2. The highest BCUT2D eigenvalue weighted by atomic mass is 16.3. The van der Waals surface area contributed by atoms with Gasteiger partial charge >= 0.3 is 0 Å². The van der Waals surface area contributed by atoms with Crippen molar-refractivity contribution in [3.05, 3.63) is 194 Å². The second-order valence-electron chi connectivity index (χ2n) is 14.1. The van der Waals surface area contributed by atoms with Crippen molar-refractivity contribution in [1.82, 2.24) is 19.1 Å². The molecule has 12 rings (SSSR count). The number of furan rings is 1. The van der Waals surface area contributed by atoms with Gasteiger partial charge in [-0.3, -0.25) is 0 Å². The van der Waals surface area contributed by atoms with Gasteiger partial charge in [-0.15, -0.1) is 0 Å². The number of hydrogen-bond acceptors (Lipinski definition) is 3. The lowest BCUT2D eigenvalue weighted by Crippen LogP contribution is -1.98. The lowest BCUT2D eigenvalue weighted by molar-refractivity contribution is 0.669. The van der Waals surface area contributed by atoms with Crippen LogP contribution in [0.2, 0.25) is 0 Å². The van der Waals surface area contributed by atoms with Crippen LogP contribution in [-0.4, -0.2) is 19.1 Å². The maximum atomic E-state index is 9.57. The van der Waals surface area contributed by atoms with Gasteiger partial charge in [0.15, 0.2) is 5.82 Å². The first-order valence-electron chi connectivity index (χ1n) is 21.7. The molecule has 0 bridgehead atoms. The summed E-state index contributed by atoms with van der Waals surface area (Å²) in [5.41, 5.74) is 8.98. The zero-order valence-corrected chi connectivity index (χ0v) is 30.2. The van der Waals surface area contributed by atoms with Gasteiger partial charge in [0.05, 0.1) is 47.2 Å². The first-order valence-corrected chi connectivity index (χ1v) is 18.7. The Kier molecular flexibility index (Phi) is 5.67. The standard InChI is InChI=1S/C52H32N4O/c1-4-15-33(16-5-1)44-32-45(34-17-6-2-7-18-34)54-52(53-44)42-24-14-23-41-43-31-36(27-30-48(43)57-51(41)42)56-47-26-13-11-22-38(47)40-29-28-39-37-21-10-12-25-46(37)55(49(39)50(40)56)35-19-8-3-9-20-35/h1-32H/i10D,11D,25D,26D,28D,29D. The number of benzene rings is 8. The van der Waals surface area contributed by atoms with Crippen LogP contribution in [0.3, 0.4) is 0 Å². The molecule has 0 radical (unpaired) electrons. The molecule has 12 aromatic rings. The van der Waals surface area contributed by atoms with Crippen molar-refractivity contribution >= 4 is 65.6 Å². The lowest BCUT2D eigenvalue weighted by Gasteiger charge is -2.12. The second-order valence-corrected chi connectivity index (χ2v) is 14.1. The van der Waals surface area contributed by atoms with Crippen LogP contribution in [0.15, 0.2) is 198 Å². The Morgan fingerprint density at radius 1 is 0.439 bits per heavy atom. The van der Waals surface area contributed by atoms with Gasteiger partial charge in [0.1, 0.15) is 11.2 Å². The average Bonchev–Trinajstić information content (AvgIpc) is 3.97. The van der Waals surface area contributed by atoms with Crippen LogP contribution in [0.1, 0.15) is 8.22 Å². The third-order valence-electron chi connectivity index (χ3n) is 10.9. The van der Waals surface area contributed by atoms with E-state index < -0.39 is 0 Å². The van der Waals surface area contributed by atoms with Gasteiger partial charge in [-0.05, 0) is 54.5 Å². The molecular weight excluding hydrogens is 697 g/mol. The number of nitrogens with zero attached hydrogens (tertiary/aromatic N) is 4.